The first-order valence-corrected chi connectivity index (χ1v) is 6.97. The zero-order chi connectivity index (χ0) is 15.1. The van der Waals surface area contributed by atoms with Crippen LogP contribution in [0.3, 0.4) is 0 Å². The van der Waals surface area contributed by atoms with Gasteiger partial charge in [-0.15, -0.1) is 0 Å². The Morgan fingerprint density at radius 1 is 1.52 bits per heavy atom. The van der Waals surface area contributed by atoms with Gasteiger partial charge in [0.25, 0.3) is 5.91 Å². The van der Waals surface area contributed by atoms with Gasteiger partial charge in [0.1, 0.15) is 0 Å². The number of hydrogen-bond donors (Lipinski definition) is 3. The van der Waals surface area contributed by atoms with E-state index in [0.29, 0.717) is 11.3 Å². The van der Waals surface area contributed by atoms with E-state index in [1.807, 2.05) is 0 Å². The molecule has 1 aromatic heterocycles. The van der Waals surface area contributed by atoms with Gasteiger partial charge in [0, 0.05) is 24.3 Å². The fourth-order valence-electron chi connectivity index (χ4n) is 2.19. The molecule has 3 N–H and O–H groups in total. The molecule has 1 unspecified atom stereocenters. The van der Waals surface area contributed by atoms with Crippen molar-refractivity contribution in [1.29, 1.82) is 0 Å². The van der Waals surface area contributed by atoms with Gasteiger partial charge in [-0.2, -0.15) is 0 Å². The highest BCUT2D eigenvalue weighted by Gasteiger charge is 2.16. The van der Waals surface area contributed by atoms with Crippen LogP contribution in [0.1, 0.15) is 28.9 Å². The maximum absolute atomic E-state index is 12.2. The van der Waals surface area contributed by atoms with E-state index < -0.39 is 6.09 Å². The summed E-state index contributed by atoms with van der Waals surface area (Å²) in [5.41, 5.74) is 1.15. The normalized spacial score (nSPS) is 17.9. The summed E-state index contributed by atoms with van der Waals surface area (Å²) in [6, 6.07) is 3.49. The molecule has 1 aliphatic rings. The van der Waals surface area contributed by atoms with Gasteiger partial charge in [-0.05, 0) is 31.5 Å². The molecule has 2 heterocycles. The van der Waals surface area contributed by atoms with Gasteiger partial charge in [0.2, 0.25) is 0 Å². The third kappa shape index (κ3) is 4.71. The molecule has 1 atom stereocenters. The van der Waals surface area contributed by atoms with E-state index in [0.717, 1.165) is 25.9 Å². The molecule has 21 heavy (non-hydrogen) atoms. The Kier molecular flexibility index (Phi) is 5.51. The predicted molar refractivity (Wildman–Crippen MR) is 76.8 cm³/mol. The van der Waals surface area contributed by atoms with Crippen LogP contribution in [-0.2, 0) is 11.3 Å². The van der Waals surface area contributed by atoms with Gasteiger partial charge in [-0.3, -0.25) is 9.78 Å². The van der Waals surface area contributed by atoms with Crippen LogP contribution in [0.5, 0.6) is 0 Å². The van der Waals surface area contributed by atoms with E-state index in [1.165, 1.54) is 7.11 Å². The standard InChI is InChI=1S/C14H20N4O3/c1-21-14(20)17-9-12-7-10(4-6-16-12)13(19)18-11-3-2-5-15-8-11/h4,6-7,11,15H,2-3,5,8-9H2,1H3,(H,17,20)(H,18,19). The summed E-state index contributed by atoms with van der Waals surface area (Å²) in [6.45, 7) is 2.03. The van der Waals surface area contributed by atoms with Gasteiger partial charge < -0.3 is 20.7 Å². The minimum absolute atomic E-state index is 0.120. The molecule has 1 aliphatic heterocycles. The first-order valence-electron chi connectivity index (χ1n) is 6.97. The van der Waals surface area contributed by atoms with Crippen LogP contribution in [-0.4, -0.2) is 43.2 Å². The summed E-state index contributed by atoms with van der Waals surface area (Å²) in [5.74, 6) is -0.120. The number of nitrogens with zero attached hydrogens (tertiary/aromatic N) is 1. The van der Waals surface area contributed by atoms with Crippen molar-refractivity contribution >= 4 is 12.0 Å². The Bertz CT molecular complexity index is 501. The smallest absolute Gasteiger partial charge is 0.407 e. The Hall–Kier alpha value is -2.15. The SMILES string of the molecule is COC(=O)NCc1cc(C(=O)NC2CCCNC2)ccn1. The maximum Gasteiger partial charge on any atom is 0.407 e. The summed E-state index contributed by atoms with van der Waals surface area (Å²) in [5, 5.41) is 8.78. The van der Waals surface area contributed by atoms with Crippen LogP contribution in [0.15, 0.2) is 18.3 Å². The van der Waals surface area contributed by atoms with E-state index in [1.54, 1.807) is 18.3 Å². The molecule has 2 rings (SSSR count). The van der Waals surface area contributed by atoms with E-state index >= 15 is 0 Å². The number of ether oxygens (including phenoxy) is 1. The third-order valence-corrected chi connectivity index (χ3v) is 3.31. The average Bonchev–Trinajstić information content (AvgIpc) is 2.53. The number of rotatable bonds is 4. The van der Waals surface area contributed by atoms with E-state index in [4.69, 9.17) is 0 Å². The molecule has 114 valence electrons. The second-order valence-electron chi connectivity index (χ2n) is 4.90. The topological polar surface area (TPSA) is 92.3 Å². The molecular formula is C14H20N4O3. The lowest BCUT2D eigenvalue weighted by Gasteiger charge is -2.23. The van der Waals surface area contributed by atoms with E-state index in [2.05, 4.69) is 25.7 Å². The van der Waals surface area contributed by atoms with Crippen LogP contribution in [0.2, 0.25) is 0 Å². The second-order valence-corrected chi connectivity index (χ2v) is 4.90. The molecule has 0 spiro atoms. The molecular weight excluding hydrogens is 272 g/mol. The molecule has 0 saturated carbocycles. The number of amides is 2. The molecule has 0 aliphatic carbocycles. The van der Waals surface area contributed by atoms with Crippen molar-refractivity contribution in [3.8, 4) is 0 Å². The molecule has 0 radical (unpaired) electrons. The maximum atomic E-state index is 12.2. The summed E-state index contributed by atoms with van der Waals surface area (Å²) in [4.78, 5) is 27.3. The molecule has 1 fully saturated rings. The van der Waals surface area contributed by atoms with Crippen molar-refractivity contribution in [2.45, 2.75) is 25.4 Å². The van der Waals surface area contributed by atoms with Crippen LogP contribution in [0.4, 0.5) is 4.79 Å². The Morgan fingerprint density at radius 3 is 3.10 bits per heavy atom. The number of nitrogens with one attached hydrogen (secondary N) is 3. The fourth-order valence-corrected chi connectivity index (χ4v) is 2.19. The van der Waals surface area contributed by atoms with Crippen molar-refractivity contribution in [3.63, 3.8) is 0 Å². The number of alkyl carbamates (subject to hydrolysis) is 1. The van der Waals surface area contributed by atoms with Crippen LogP contribution in [0.25, 0.3) is 0 Å². The number of methoxy groups -OCH3 is 1. The molecule has 0 bridgehead atoms. The quantitative estimate of drug-likeness (QED) is 0.748. The lowest BCUT2D eigenvalue weighted by molar-refractivity contribution is 0.0930. The highest BCUT2D eigenvalue weighted by atomic mass is 16.5. The number of pyridine rings is 1. The number of carbonyl (C=O) groups is 2. The zero-order valence-corrected chi connectivity index (χ0v) is 12.0. The third-order valence-electron chi connectivity index (χ3n) is 3.31. The predicted octanol–water partition coefficient (Wildman–Crippen LogP) is 0.419. The molecule has 2 amide bonds. The molecule has 0 aromatic carbocycles. The van der Waals surface area contributed by atoms with Crippen LogP contribution >= 0.6 is 0 Å². The molecule has 1 saturated heterocycles. The van der Waals surface area contributed by atoms with Crippen molar-refractivity contribution in [1.82, 2.24) is 20.9 Å². The number of carbonyl (C=O) groups excluding carboxylic acids is 2. The van der Waals surface area contributed by atoms with Crippen molar-refractivity contribution in [2.24, 2.45) is 0 Å². The van der Waals surface area contributed by atoms with Gasteiger partial charge in [0.15, 0.2) is 0 Å². The van der Waals surface area contributed by atoms with Crippen molar-refractivity contribution < 1.29 is 14.3 Å². The summed E-state index contributed by atoms with van der Waals surface area (Å²) < 4.78 is 4.49. The Morgan fingerprint density at radius 2 is 2.38 bits per heavy atom. The lowest BCUT2D eigenvalue weighted by atomic mass is 10.1. The van der Waals surface area contributed by atoms with Gasteiger partial charge in [-0.1, -0.05) is 0 Å². The molecule has 1 aromatic rings. The summed E-state index contributed by atoms with van der Waals surface area (Å²) in [7, 11) is 1.30. The fraction of sp³-hybridized carbons (Fsp3) is 0.500. The van der Waals surface area contributed by atoms with Crippen LogP contribution in [0, 0.1) is 0 Å². The highest BCUT2D eigenvalue weighted by molar-refractivity contribution is 5.94. The van der Waals surface area contributed by atoms with Crippen LogP contribution < -0.4 is 16.0 Å². The number of aromatic nitrogens is 1. The first-order chi connectivity index (χ1) is 10.2. The highest BCUT2D eigenvalue weighted by Crippen LogP contribution is 2.06. The van der Waals surface area contributed by atoms with Gasteiger partial charge in [0.05, 0.1) is 19.3 Å². The Balaban J connectivity index is 1.92. The molecule has 7 heteroatoms. The monoisotopic (exact) mass is 292 g/mol. The van der Waals surface area contributed by atoms with E-state index in [9.17, 15) is 9.59 Å². The van der Waals surface area contributed by atoms with E-state index in [-0.39, 0.29) is 18.5 Å². The minimum Gasteiger partial charge on any atom is -0.453 e. The van der Waals surface area contributed by atoms with Crippen molar-refractivity contribution in [2.75, 3.05) is 20.2 Å². The first kappa shape index (κ1) is 15.2. The van der Waals surface area contributed by atoms with Gasteiger partial charge >= 0.3 is 6.09 Å². The Labute approximate surface area is 123 Å². The lowest BCUT2D eigenvalue weighted by Crippen LogP contribution is -2.45. The minimum atomic E-state index is -0.528. The average molecular weight is 292 g/mol. The summed E-state index contributed by atoms with van der Waals surface area (Å²) in [6.07, 6.45) is 3.08. The summed E-state index contributed by atoms with van der Waals surface area (Å²) >= 11 is 0. The van der Waals surface area contributed by atoms with Gasteiger partial charge in [-0.25, -0.2) is 4.79 Å². The zero-order valence-electron chi connectivity index (χ0n) is 12.0. The molecule has 7 nitrogen and oxygen atoms in total. The number of piperidine rings is 1. The van der Waals surface area contributed by atoms with Crippen molar-refractivity contribution in [3.05, 3.63) is 29.6 Å². The number of hydrogen-bond acceptors (Lipinski definition) is 5. The largest absolute Gasteiger partial charge is 0.453 e. The second kappa shape index (κ2) is 7.58.